The number of rotatable bonds is 2. The van der Waals surface area contributed by atoms with E-state index in [2.05, 4.69) is 30.1 Å². The molecule has 2 unspecified atom stereocenters. The molecule has 1 aromatic rings. The van der Waals surface area contributed by atoms with Crippen LogP contribution in [-0.4, -0.2) is 25.2 Å². The molecule has 0 spiro atoms. The fraction of sp³-hybridized carbons (Fsp3) is 0.667. The summed E-state index contributed by atoms with van der Waals surface area (Å²) in [6.45, 7) is 6.63. The van der Waals surface area contributed by atoms with Gasteiger partial charge in [-0.1, -0.05) is 43.0 Å². The second-order valence-electron chi connectivity index (χ2n) is 6.82. The summed E-state index contributed by atoms with van der Waals surface area (Å²) in [5.41, 5.74) is 2.53. The highest BCUT2D eigenvalue weighted by molar-refractivity contribution is 6.33. The minimum Gasteiger partial charge on any atom is -0.365 e. The second-order valence-corrected chi connectivity index (χ2v) is 7.23. The van der Waals surface area contributed by atoms with Crippen LogP contribution >= 0.6 is 11.6 Å². The van der Waals surface area contributed by atoms with Crippen LogP contribution in [0.4, 0.5) is 5.69 Å². The van der Waals surface area contributed by atoms with Crippen molar-refractivity contribution in [1.29, 1.82) is 0 Å². The molecule has 1 aromatic carbocycles. The molecule has 2 nitrogen and oxygen atoms in total. The second kappa shape index (κ2) is 6.58. The van der Waals surface area contributed by atoms with Gasteiger partial charge in [-0.15, -0.1) is 0 Å². The summed E-state index contributed by atoms with van der Waals surface area (Å²) >= 11 is 6.50. The number of benzene rings is 1. The standard InChI is InChI=1S/C18H27ClN2/c1-13-7-6-10-16(19)18(13)21-12-17(20-11-14(21)2)15-8-4-3-5-9-15/h6-7,10,14-15,17,20H,3-5,8-9,11-12H2,1-2H3. The quantitative estimate of drug-likeness (QED) is 0.871. The number of aryl methyl sites for hydroxylation is 1. The molecule has 1 saturated heterocycles. The van der Waals surface area contributed by atoms with E-state index in [0.717, 1.165) is 24.0 Å². The Morgan fingerprint density at radius 2 is 1.95 bits per heavy atom. The van der Waals surface area contributed by atoms with Gasteiger partial charge in [0.15, 0.2) is 0 Å². The number of nitrogens with one attached hydrogen (secondary N) is 1. The Labute approximate surface area is 133 Å². The Bertz CT molecular complexity index is 462. The number of halogens is 1. The molecule has 2 atom stereocenters. The lowest BCUT2D eigenvalue weighted by molar-refractivity contribution is 0.245. The highest BCUT2D eigenvalue weighted by atomic mass is 35.5. The van der Waals surface area contributed by atoms with Gasteiger partial charge in [-0.05, 0) is 44.2 Å². The molecular formula is C18H27ClN2. The normalized spacial score (nSPS) is 27.9. The Morgan fingerprint density at radius 1 is 1.19 bits per heavy atom. The van der Waals surface area contributed by atoms with E-state index in [9.17, 15) is 0 Å². The van der Waals surface area contributed by atoms with Gasteiger partial charge < -0.3 is 10.2 Å². The molecule has 1 saturated carbocycles. The molecule has 3 heteroatoms. The van der Waals surface area contributed by atoms with Crippen molar-refractivity contribution >= 4 is 17.3 Å². The van der Waals surface area contributed by atoms with Crippen LogP contribution in [0.3, 0.4) is 0 Å². The molecule has 0 aromatic heterocycles. The lowest BCUT2D eigenvalue weighted by Gasteiger charge is -2.44. The van der Waals surface area contributed by atoms with Gasteiger partial charge in [-0.2, -0.15) is 0 Å². The van der Waals surface area contributed by atoms with Gasteiger partial charge in [0.25, 0.3) is 0 Å². The van der Waals surface area contributed by atoms with E-state index < -0.39 is 0 Å². The smallest absolute Gasteiger partial charge is 0.0642 e. The minimum absolute atomic E-state index is 0.503. The Balaban J connectivity index is 1.80. The van der Waals surface area contributed by atoms with E-state index in [0.29, 0.717) is 12.1 Å². The zero-order valence-corrected chi connectivity index (χ0v) is 14.0. The Kier molecular flexibility index (Phi) is 4.75. The van der Waals surface area contributed by atoms with Gasteiger partial charge in [-0.3, -0.25) is 0 Å². The van der Waals surface area contributed by atoms with Crippen molar-refractivity contribution in [3.05, 3.63) is 28.8 Å². The van der Waals surface area contributed by atoms with Crippen LogP contribution in [0.1, 0.15) is 44.6 Å². The summed E-state index contributed by atoms with van der Waals surface area (Å²) < 4.78 is 0. The summed E-state index contributed by atoms with van der Waals surface area (Å²) in [5, 5.41) is 4.69. The summed E-state index contributed by atoms with van der Waals surface area (Å²) in [6.07, 6.45) is 7.02. The SMILES string of the molecule is Cc1cccc(Cl)c1N1CC(C2CCCCC2)NCC1C. The first kappa shape index (κ1) is 15.2. The number of anilines is 1. The molecule has 1 aliphatic carbocycles. The largest absolute Gasteiger partial charge is 0.365 e. The lowest BCUT2D eigenvalue weighted by Crippen LogP contribution is -2.58. The van der Waals surface area contributed by atoms with E-state index in [1.807, 2.05) is 12.1 Å². The number of nitrogens with zero attached hydrogens (tertiary/aromatic N) is 1. The number of hydrogen-bond acceptors (Lipinski definition) is 2. The van der Waals surface area contributed by atoms with Gasteiger partial charge in [0.2, 0.25) is 0 Å². The van der Waals surface area contributed by atoms with Gasteiger partial charge in [-0.25, -0.2) is 0 Å². The van der Waals surface area contributed by atoms with Crippen LogP contribution in [0.15, 0.2) is 18.2 Å². The van der Waals surface area contributed by atoms with E-state index >= 15 is 0 Å². The van der Waals surface area contributed by atoms with E-state index in [4.69, 9.17) is 11.6 Å². The molecule has 21 heavy (non-hydrogen) atoms. The van der Waals surface area contributed by atoms with Gasteiger partial charge in [0, 0.05) is 25.2 Å². The Morgan fingerprint density at radius 3 is 2.67 bits per heavy atom. The maximum absolute atomic E-state index is 6.50. The summed E-state index contributed by atoms with van der Waals surface area (Å²) in [5.74, 6) is 0.844. The van der Waals surface area contributed by atoms with Crippen molar-refractivity contribution in [2.24, 2.45) is 5.92 Å². The molecular weight excluding hydrogens is 280 g/mol. The summed E-state index contributed by atoms with van der Waals surface area (Å²) in [7, 11) is 0. The average molecular weight is 307 g/mol. The lowest BCUT2D eigenvalue weighted by atomic mass is 9.82. The van der Waals surface area contributed by atoms with Crippen molar-refractivity contribution < 1.29 is 0 Å². The fourth-order valence-corrected chi connectivity index (χ4v) is 4.37. The third-order valence-electron chi connectivity index (χ3n) is 5.30. The summed E-state index contributed by atoms with van der Waals surface area (Å²) in [4.78, 5) is 2.54. The highest BCUT2D eigenvalue weighted by Gasteiger charge is 2.32. The zero-order chi connectivity index (χ0) is 14.8. The number of piperazine rings is 1. The minimum atomic E-state index is 0.503. The van der Waals surface area contributed by atoms with Gasteiger partial charge >= 0.3 is 0 Å². The molecule has 3 rings (SSSR count). The average Bonchev–Trinajstić information content (AvgIpc) is 2.50. The molecule has 1 N–H and O–H groups in total. The number of hydrogen-bond donors (Lipinski definition) is 1. The van der Waals surface area contributed by atoms with Crippen LogP contribution in [0.5, 0.6) is 0 Å². The van der Waals surface area contributed by atoms with Crippen LogP contribution in [0.2, 0.25) is 5.02 Å². The molecule has 0 bridgehead atoms. The van der Waals surface area contributed by atoms with Crippen molar-refractivity contribution in [3.63, 3.8) is 0 Å². The molecule has 116 valence electrons. The van der Waals surface area contributed by atoms with Crippen LogP contribution in [0.25, 0.3) is 0 Å². The molecule has 1 aliphatic heterocycles. The van der Waals surface area contributed by atoms with Crippen LogP contribution in [-0.2, 0) is 0 Å². The Hall–Kier alpha value is -0.730. The molecule has 0 amide bonds. The molecule has 2 aliphatic rings. The van der Waals surface area contributed by atoms with Crippen LogP contribution < -0.4 is 10.2 Å². The topological polar surface area (TPSA) is 15.3 Å². The first-order valence-electron chi connectivity index (χ1n) is 8.42. The van der Waals surface area contributed by atoms with Crippen molar-refractivity contribution in [2.45, 2.75) is 58.0 Å². The first-order valence-corrected chi connectivity index (χ1v) is 8.79. The molecule has 0 radical (unpaired) electrons. The third kappa shape index (κ3) is 3.22. The number of para-hydroxylation sites is 1. The van der Waals surface area contributed by atoms with Crippen LogP contribution in [0, 0.1) is 12.8 Å². The van der Waals surface area contributed by atoms with E-state index in [-0.39, 0.29) is 0 Å². The van der Waals surface area contributed by atoms with E-state index in [1.165, 1.54) is 43.4 Å². The predicted molar refractivity (Wildman–Crippen MR) is 91.4 cm³/mol. The first-order chi connectivity index (χ1) is 10.2. The van der Waals surface area contributed by atoms with Crippen molar-refractivity contribution in [3.8, 4) is 0 Å². The zero-order valence-electron chi connectivity index (χ0n) is 13.2. The predicted octanol–water partition coefficient (Wildman–Crippen LogP) is 4.40. The van der Waals surface area contributed by atoms with Gasteiger partial charge in [0.1, 0.15) is 0 Å². The monoisotopic (exact) mass is 306 g/mol. The van der Waals surface area contributed by atoms with Gasteiger partial charge in [0.05, 0.1) is 10.7 Å². The maximum atomic E-state index is 6.50. The molecule has 1 heterocycles. The highest BCUT2D eigenvalue weighted by Crippen LogP contribution is 2.34. The van der Waals surface area contributed by atoms with Crippen molar-refractivity contribution in [2.75, 3.05) is 18.0 Å². The third-order valence-corrected chi connectivity index (χ3v) is 5.60. The molecule has 2 fully saturated rings. The fourth-order valence-electron chi connectivity index (χ4n) is 4.04. The van der Waals surface area contributed by atoms with E-state index in [1.54, 1.807) is 0 Å². The maximum Gasteiger partial charge on any atom is 0.0642 e. The van der Waals surface area contributed by atoms with Crippen molar-refractivity contribution in [1.82, 2.24) is 5.32 Å². The summed E-state index contributed by atoms with van der Waals surface area (Å²) in [6, 6.07) is 7.37.